The van der Waals surface area contributed by atoms with Crippen LogP contribution in [0.15, 0.2) is 12.2 Å². The second-order valence-corrected chi connectivity index (χ2v) is 3.76. The van der Waals surface area contributed by atoms with Crippen LogP contribution in [0.2, 0.25) is 0 Å². The molecule has 1 rings (SSSR count). The Bertz CT molecular complexity index is 138. The third-order valence-corrected chi connectivity index (χ3v) is 2.41. The summed E-state index contributed by atoms with van der Waals surface area (Å²) < 4.78 is 0. The molecular formula is C10H18O. The van der Waals surface area contributed by atoms with Crippen molar-refractivity contribution in [2.24, 2.45) is 11.8 Å². The predicted molar refractivity (Wildman–Crippen MR) is 47.3 cm³/mol. The molecule has 1 N–H and O–H groups in total. The lowest BCUT2D eigenvalue weighted by Crippen LogP contribution is -2.25. The first-order valence-corrected chi connectivity index (χ1v) is 4.56. The van der Waals surface area contributed by atoms with Crippen LogP contribution in [-0.2, 0) is 0 Å². The summed E-state index contributed by atoms with van der Waals surface area (Å²) in [6, 6.07) is 0. The van der Waals surface area contributed by atoms with E-state index in [1.54, 1.807) is 0 Å². The van der Waals surface area contributed by atoms with Crippen LogP contribution in [0.25, 0.3) is 0 Å². The lowest BCUT2D eigenvalue weighted by Gasteiger charge is -2.24. The fourth-order valence-electron chi connectivity index (χ4n) is 1.62. The van der Waals surface area contributed by atoms with Crippen molar-refractivity contribution >= 4 is 0 Å². The highest BCUT2D eigenvalue weighted by molar-refractivity contribution is 4.96. The zero-order chi connectivity index (χ0) is 8.27. The van der Waals surface area contributed by atoms with Gasteiger partial charge in [0.25, 0.3) is 0 Å². The average molecular weight is 154 g/mol. The standard InChI is InChI=1S/C10H18O/c1-8(2)10(11)9-6-4-3-5-7-9/h4,6,8-11H,3,5,7H2,1-2H3/t9?,10-/m0/s1. The van der Waals surface area contributed by atoms with E-state index in [1.807, 2.05) is 0 Å². The number of rotatable bonds is 2. The van der Waals surface area contributed by atoms with Crippen LogP contribution in [0, 0.1) is 11.8 Å². The van der Waals surface area contributed by atoms with Gasteiger partial charge in [0.15, 0.2) is 0 Å². The molecule has 0 spiro atoms. The lowest BCUT2D eigenvalue weighted by molar-refractivity contribution is 0.0780. The Labute approximate surface area is 69.1 Å². The van der Waals surface area contributed by atoms with Gasteiger partial charge in [-0.25, -0.2) is 0 Å². The number of hydrogen-bond donors (Lipinski definition) is 1. The molecule has 0 amide bonds. The van der Waals surface area contributed by atoms with Gasteiger partial charge in [-0.1, -0.05) is 26.0 Å². The Morgan fingerprint density at radius 3 is 2.64 bits per heavy atom. The van der Waals surface area contributed by atoms with Gasteiger partial charge in [-0.15, -0.1) is 0 Å². The second-order valence-electron chi connectivity index (χ2n) is 3.76. The topological polar surface area (TPSA) is 20.2 Å². The van der Waals surface area contributed by atoms with Crippen molar-refractivity contribution in [1.82, 2.24) is 0 Å². The van der Waals surface area contributed by atoms with Crippen molar-refractivity contribution in [3.8, 4) is 0 Å². The summed E-state index contributed by atoms with van der Waals surface area (Å²) in [6.45, 7) is 4.15. The van der Waals surface area contributed by atoms with E-state index in [4.69, 9.17) is 0 Å². The maximum Gasteiger partial charge on any atom is 0.0625 e. The molecular weight excluding hydrogens is 136 g/mol. The third-order valence-electron chi connectivity index (χ3n) is 2.41. The van der Waals surface area contributed by atoms with E-state index in [0.717, 1.165) is 6.42 Å². The first-order valence-electron chi connectivity index (χ1n) is 4.56. The van der Waals surface area contributed by atoms with Crippen molar-refractivity contribution in [2.45, 2.75) is 39.2 Å². The minimum absolute atomic E-state index is 0.133. The molecule has 0 fully saturated rings. The molecule has 1 aliphatic rings. The summed E-state index contributed by atoms with van der Waals surface area (Å²) in [6.07, 6.45) is 7.84. The van der Waals surface area contributed by atoms with E-state index in [9.17, 15) is 5.11 Å². The van der Waals surface area contributed by atoms with Crippen molar-refractivity contribution in [3.05, 3.63) is 12.2 Å². The Morgan fingerprint density at radius 1 is 1.45 bits per heavy atom. The highest BCUT2D eigenvalue weighted by atomic mass is 16.3. The summed E-state index contributed by atoms with van der Waals surface area (Å²) in [5.41, 5.74) is 0. The van der Waals surface area contributed by atoms with Crippen LogP contribution < -0.4 is 0 Å². The Morgan fingerprint density at radius 2 is 2.18 bits per heavy atom. The van der Waals surface area contributed by atoms with Crippen LogP contribution >= 0.6 is 0 Å². The fourth-order valence-corrected chi connectivity index (χ4v) is 1.62. The normalized spacial score (nSPS) is 27.5. The first-order chi connectivity index (χ1) is 5.22. The molecule has 0 aromatic heterocycles. The van der Waals surface area contributed by atoms with Crippen molar-refractivity contribution in [3.63, 3.8) is 0 Å². The minimum atomic E-state index is -0.133. The zero-order valence-corrected chi connectivity index (χ0v) is 7.46. The molecule has 1 heteroatoms. The monoisotopic (exact) mass is 154 g/mol. The summed E-state index contributed by atoms with van der Waals surface area (Å²) in [4.78, 5) is 0. The summed E-state index contributed by atoms with van der Waals surface area (Å²) >= 11 is 0. The van der Waals surface area contributed by atoms with Crippen LogP contribution in [-0.4, -0.2) is 11.2 Å². The SMILES string of the molecule is CC(C)[C@H](O)C1C=CCCC1. The van der Waals surface area contributed by atoms with E-state index >= 15 is 0 Å². The molecule has 1 aliphatic carbocycles. The van der Waals surface area contributed by atoms with Gasteiger partial charge in [0, 0.05) is 5.92 Å². The van der Waals surface area contributed by atoms with Crippen molar-refractivity contribution in [2.75, 3.05) is 0 Å². The van der Waals surface area contributed by atoms with E-state index in [1.165, 1.54) is 12.8 Å². The molecule has 0 aromatic rings. The molecule has 0 bridgehead atoms. The quantitative estimate of drug-likeness (QED) is 0.605. The van der Waals surface area contributed by atoms with Gasteiger partial charge >= 0.3 is 0 Å². The van der Waals surface area contributed by atoms with E-state index in [0.29, 0.717) is 11.8 Å². The number of allylic oxidation sites excluding steroid dienone is 1. The summed E-state index contributed by atoms with van der Waals surface area (Å²) in [7, 11) is 0. The maximum absolute atomic E-state index is 9.70. The molecule has 0 radical (unpaired) electrons. The Hall–Kier alpha value is -0.300. The summed E-state index contributed by atoms with van der Waals surface area (Å²) in [5, 5.41) is 9.70. The van der Waals surface area contributed by atoms with Gasteiger partial charge in [0.1, 0.15) is 0 Å². The molecule has 11 heavy (non-hydrogen) atoms. The minimum Gasteiger partial charge on any atom is -0.392 e. The van der Waals surface area contributed by atoms with Crippen LogP contribution in [0.3, 0.4) is 0 Å². The molecule has 64 valence electrons. The maximum atomic E-state index is 9.70. The largest absolute Gasteiger partial charge is 0.392 e. The average Bonchev–Trinajstić information content (AvgIpc) is 2.05. The van der Waals surface area contributed by atoms with Gasteiger partial charge in [-0.2, -0.15) is 0 Å². The van der Waals surface area contributed by atoms with Crippen LogP contribution in [0.1, 0.15) is 33.1 Å². The van der Waals surface area contributed by atoms with Gasteiger partial charge in [-0.3, -0.25) is 0 Å². The molecule has 0 saturated heterocycles. The highest BCUT2D eigenvalue weighted by Gasteiger charge is 2.20. The molecule has 0 aliphatic heterocycles. The number of aliphatic hydroxyl groups is 1. The number of hydrogen-bond acceptors (Lipinski definition) is 1. The number of aliphatic hydroxyl groups excluding tert-OH is 1. The van der Waals surface area contributed by atoms with Gasteiger partial charge < -0.3 is 5.11 Å². The molecule has 2 atom stereocenters. The molecule has 0 saturated carbocycles. The van der Waals surface area contributed by atoms with E-state index < -0.39 is 0 Å². The Balaban J connectivity index is 2.45. The third kappa shape index (κ3) is 2.33. The smallest absolute Gasteiger partial charge is 0.0625 e. The van der Waals surface area contributed by atoms with Crippen molar-refractivity contribution < 1.29 is 5.11 Å². The summed E-state index contributed by atoms with van der Waals surface area (Å²) in [5.74, 6) is 0.812. The van der Waals surface area contributed by atoms with Crippen molar-refractivity contribution in [1.29, 1.82) is 0 Å². The lowest BCUT2D eigenvalue weighted by atomic mass is 9.86. The van der Waals surface area contributed by atoms with Gasteiger partial charge in [0.2, 0.25) is 0 Å². The Kier molecular flexibility index (Phi) is 3.13. The van der Waals surface area contributed by atoms with E-state index in [2.05, 4.69) is 26.0 Å². The molecule has 0 heterocycles. The highest BCUT2D eigenvalue weighted by Crippen LogP contribution is 2.23. The van der Waals surface area contributed by atoms with E-state index in [-0.39, 0.29) is 6.10 Å². The first kappa shape index (κ1) is 8.79. The molecule has 1 unspecified atom stereocenters. The van der Waals surface area contributed by atoms with Gasteiger partial charge in [-0.05, 0) is 25.2 Å². The van der Waals surface area contributed by atoms with Gasteiger partial charge in [0.05, 0.1) is 6.10 Å². The zero-order valence-electron chi connectivity index (χ0n) is 7.46. The second kappa shape index (κ2) is 3.91. The van der Waals surface area contributed by atoms with Crippen LogP contribution in [0.5, 0.6) is 0 Å². The fraction of sp³-hybridized carbons (Fsp3) is 0.800. The predicted octanol–water partition coefficient (Wildman–Crippen LogP) is 2.36. The molecule has 0 aromatic carbocycles. The molecule has 1 nitrogen and oxygen atoms in total. The van der Waals surface area contributed by atoms with Crippen LogP contribution in [0.4, 0.5) is 0 Å².